The second-order valence-corrected chi connectivity index (χ2v) is 6.73. The van der Waals surface area contributed by atoms with E-state index in [2.05, 4.69) is 4.90 Å². The van der Waals surface area contributed by atoms with E-state index in [1.54, 1.807) is 7.11 Å². The first kappa shape index (κ1) is 16.0. The lowest BCUT2D eigenvalue weighted by molar-refractivity contribution is -0.144. The summed E-state index contributed by atoms with van der Waals surface area (Å²) in [6.07, 6.45) is 3.18. The first-order chi connectivity index (χ1) is 11.0. The fraction of sp³-hybridized carbons (Fsp3) is 0.556. The summed E-state index contributed by atoms with van der Waals surface area (Å²) < 4.78 is 5.11. The van der Waals surface area contributed by atoms with Gasteiger partial charge >= 0.3 is 5.97 Å². The minimum absolute atomic E-state index is 0.0413. The summed E-state index contributed by atoms with van der Waals surface area (Å²) in [5.74, 6) is 0.306. The smallest absolute Gasteiger partial charge is 0.310 e. The maximum atomic E-state index is 12.6. The summed E-state index contributed by atoms with van der Waals surface area (Å²) in [4.78, 5) is 26.0. The van der Waals surface area contributed by atoms with Gasteiger partial charge in [0, 0.05) is 18.0 Å². The number of rotatable bonds is 6. The largest absolute Gasteiger partial charge is 0.497 e. The van der Waals surface area contributed by atoms with Crippen molar-refractivity contribution in [3.8, 4) is 5.75 Å². The number of aliphatic carboxylic acids is 1. The second-order valence-electron chi connectivity index (χ2n) is 6.73. The number of carboxylic acid groups (broad SMARTS) is 1. The van der Waals surface area contributed by atoms with Crippen LogP contribution in [0.25, 0.3) is 0 Å². The Balaban J connectivity index is 1.54. The predicted molar refractivity (Wildman–Crippen MR) is 85.8 cm³/mol. The molecule has 2 fully saturated rings. The molecule has 5 nitrogen and oxygen atoms in total. The number of ether oxygens (including phenoxy) is 1. The Bertz CT molecular complexity index is 584. The van der Waals surface area contributed by atoms with Crippen LogP contribution in [-0.4, -0.2) is 48.5 Å². The molecule has 1 aliphatic carbocycles. The number of carbonyl (C=O) groups is 2. The molecule has 2 aliphatic rings. The molecule has 0 unspecified atom stereocenters. The van der Waals surface area contributed by atoms with Crippen molar-refractivity contribution in [2.75, 3.05) is 26.7 Å². The zero-order valence-corrected chi connectivity index (χ0v) is 13.5. The van der Waals surface area contributed by atoms with Crippen LogP contribution in [0.4, 0.5) is 0 Å². The molecule has 0 bridgehead atoms. The lowest BCUT2D eigenvalue weighted by atomic mass is 9.88. The van der Waals surface area contributed by atoms with Crippen molar-refractivity contribution in [3.05, 3.63) is 29.8 Å². The molecule has 5 heteroatoms. The second kappa shape index (κ2) is 6.32. The molecule has 1 aromatic rings. The Labute approximate surface area is 136 Å². The average molecular weight is 317 g/mol. The highest BCUT2D eigenvalue weighted by molar-refractivity contribution is 5.98. The number of piperidine rings is 1. The first-order valence-corrected chi connectivity index (χ1v) is 8.18. The lowest BCUT2D eigenvalue weighted by Gasteiger charge is -2.33. The molecule has 0 atom stereocenters. The highest BCUT2D eigenvalue weighted by atomic mass is 16.5. The number of hydrogen-bond acceptors (Lipinski definition) is 4. The molecule has 1 heterocycles. The summed E-state index contributed by atoms with van der Waals surface area (Å²) in [5.41, 5.74) is 0.223. The summed E-state index contributed by atoms with van der Waals surface area (Å²) in [5, 5.41) is 9.28. The van der Waals surface area contributed by atoms with Crippen LogP contribution in [0.15, 0.2) is 24.3 Å². The van der Waals surface area contributed by atoms with E-state index in [1.165, 1.54) is 0 Å². The third kappa shape index (κ3) is 3.39. The van der Waals surface area contributed by atoms with Crippen molar-refractivity contribution in [3.63, 3.8) is 0 Å². The molecule has 0 amide bonds. The van der Waals surface area contributed by atoms with E-state index < -0.39 is 11.4 Å². The van der Waals surface area contributed by atoms with Crippen LogP contribution < -0.4 is 4.74 Å². The Hall–Kier alpha value is -1.88. The Kier molecular flexibility index (Phi) is 4.39. The minimum Gasteiger partial charge on any atom is -0.497 e. The van der Waals surface area contributed by atoms with Crippen molar-refractivity contribution >= 4 is 11.8 Å². The number of nitrogens with zero attached hydrogens (tertiary/aromatic N) is 1. The molecule has 0 radical (unpaired) electrons. The van der Waals surface area contributed by atoms with E-state index in [0.29, 0.717) is 6.54 Å². The topological polar surface area (TPSA) is 66.8 Å². The van der Waals surface area contributed by atoms with Crippen molar-refractivity contribution in [1.29, 1.82) is 0 Å². The highest BCUT2D eigenvalue weighted by Gasteiger charge is 2.51. The number of benzene rings is 1. The third-order valence-corrected chi connectivity index (χ3v) is 5.17. The molecule has 1 N–H and O–H groups in total. The fourth-order valence-electron chi connectivity index (χ4n) is 3.36. The normalized spacial score (nSPS) is 20.9. The van der Waals surface area contributed by atoms with Crippen molar-refractivity contribution in [2.24, 2.45) is 11.3 Å². The molecule has 0 spiro atoms. The summed E-state index contributed by atoms with van der Waals surface area (Å²) in [6, 6.07) is 7.26. The summed E-state index contributed by atoms with van der Waals surface area (Å²) in [6.45, 7) is 2.25. The van der Waals surface area contributed by atoms with E-state index in [1.807, 2.05) is 24.3 Å². The molecule has 0 aromatic heterocycles. The molecular formula is C18H23NO4. The molecule has 1 aromatic carbocycles. The van der Waals surface area contributed by atoms with E-state index in [0.717, 1.165) is 50.1 Å². The average Bonchev–Trinajstić information content (AvgIpc) is 3.36. The van der Waals surface area contributed by atoms with Gasteiger partial charge in [-0.15, -0.1) is 0 Å². The number of methoxy groups -OCH3 is 1. The maximum absolute atomic E-state index is 12.6. The molecule has 1 saturated heterocycles. The minimum atomic E-state index is -0.672. The molecule has 1 aliphatic heterocycles. The summed E-state index contributed by atoms with van der Waals surface area (Å²) in [7, 11) is 1.61. The van der Waals surface area contributed by atoms with Gasteiger partial charge in [0.2, 0.25) is 0 Å². The molecule has 23 heavy (non-hydrogen) atoms. The monoisotopic (exact) mass is 317 g/mol. The Morgan fingerprint density at radius 1 is 1.22 bits per heavy atom. The van der Waals surface area contributed by atoms with Crippen LogP contribution in [0.1, 0.15) is 36.0 Å². The quantitative estimate of drug-likeness (QED) is 0.816. The number of carbonyl (C=O) groups excluding carboxylic acids is 1. The number of ketones is 1. The van der Waals surface area contributed by atoms with Crippen LogP contribution in [-0.2, 0) is 4.79 Å². The Morgan fingerprint density at radius 2 is 1.83 bits per heavy atom. The van der Waals surface area contributed by atoms with Gasteiger partial charge in [0.15, 0.2) is 5.78 Å². The van der Waals surface area contributed by atoms with E-state index in [9.17, 15) is 14.7 Å². The third-order valence-electron chi connectivity index (χ3n) is 5.17. The predicted octanol–water partition coefficient (Wildman–Crippen LogP) is 2.45. The zero-order valence-electron chi connectivity index (χ0n) is 13.5. The van der Waals surface area contributed by atoms with E-state index in [-0.39, 0.29) is 11.7 Å². The molecule has 3 rings (SSSR count). The Morgan fingerprint density at radius 3 is 2.30 bits per heavy atom. The van der Waals surface area contributed by atoms with Crippen LogP contribution in [0.5, 0.6) is 5.75 Å². The standard InChI is InChI=1S/C18H23NO4/c1-23-15-4-2-13(3-5-15)16(20)14-6-10-19(11-7-14)12-18(8-9-18)17(21)22/h2-5,14H,6-12H2,1H3,(H,21,22). The zero-order chi connectivity index (χ0) is 16.4. The van der Waals surface area contributed by atoms with Crippen LogP contribution in [0, 0.1) is 11.3 Å². The van der Waals surface area contributed by atoms with E-state index >= 15 is 0 Å². The van der Waals surface area contributed by atoms with Crippen molar-refractivity contribution < 1.29 is 19.4 Å². The van der Waals surface area contributed by atoms with Gasteiger partial charge in [0.05, 0.1) is 12.5 Å². The van der Waals surface area contributed by atoms with Crippen LogP contribution >= 0.6 is 0 Å². The number of Topliss-reactive ketones (excluding diaryl/α,β-unsaturated/α-hetero) is 1. The van der Waals surface area contributed by atoms with Gasteiger partial charge in [-0.2, -0.15) is 0 Å². The van der Waals surface area contributed by atoms with Gasteiger partial charge in [-0.25, -0.2) is 0 Å². The van der Waals surface area contributed by atoms with Gasteiger partial charge in [-0.3, -0.25) is 9.59 Å². The molecule has 124 valence electrons. The van der Waals surface area contributed by atoms with Gasteiger partial charge in [0.1, 0.15) is 5.75 Å². The molecular weight excluding hydrogens is 294 g/mol. The van der Waals surface area contributed by atoms with Gasteiger partial charge in [-0.05, 0) is 63.0 Å². The summed E-state index contributed by atoms with van der Waals surface area (Å²) >= 11 is 0. The lowest BCUT2D eigenvalue weighted by Crippen LogP contribution is -2.41. The number of hydrogen-bond donors (Lipinski definition) is 1. The van der Waals surface area contributed by atoms with Crippen LogP contribution in [0.2, 0.25) is 0 Å². The fourth-order valence-corrected chi connectivity index (χ4v) is 3.36. The van der Waals surface area contributed by atoms with Crippen LogP contribution in [0.3, 0.4) is 0 Å². The first-order valence-electron chi connectivity index (χ1n) is 8.18. The number of carboxylic acids is 1. The van der Waals surface area contributed by atoms with Gasteiger partial charge < -0.3 is 14.7 Å². The molecule has 1 saturated carbocycles. The van der Waals surface area contributed by atoms with Gasteiger partial charge in [-0.1, -0.05) is 0 Å². The van der Waals surface area contributed by atoms with Crippen molar-refractivity contribution in [2.45, 2.75) is 25.7 Å². The number of likely N-dealkylation sites (tertiary alicyclic amines) is 1. The van der Waals surface area contributed by atoms with E-state index in [4.69, 9.17) is 4.74 Å². The highest BCUT2D eigenvalue weighted by Crippen LogP contribution is 2.46. The van der Waals surface area contributed by atoms with Crippen molar-refractivity contribution in [1.82, 2.24) is 4.90 Å². The SMILES string of the molecule is COc1ccc(C(=O)C2CCN(CC3(C(=O)O)CC3)CC2)cc1. The maximum Gasteiger partial charge on any atom is 0.310 e. The van der Waals surface area contributed by atoms with Gasteiger partial charge in [0.25, 0.3) is 0 Å².